The Bertz CT molecular complexity index is 603. The van der Waals surface area contributed by atoms with Gasteiger partial charge in [-0.2, -0.15) is 13.2 Å². The van der Waals surface area contributed by atoms with E-state index >= 15 is 0 Å². The largest absolute Gasteiger partial charge is 0.440 e. The monoisotopic (exact) mass is 301 g/mol. The number of alkyl halides is 3. The number of halogens is 3. The van der Waals surface area contributed by atoms with E-state index in [9.17, 15) is 27.6 Å². The normalized spacial score (nSPS) is 22.2. The quantitative estimate of drug-likeness (QED) is 0.795. The number of carbonyl (C=O) groups is 3. The molecule has 9 heteroatoms. The third-order valence-corrected chi connectivity index (χ3v) is 2.99. The summed E-state index contributed by atoms with van der Waals surface area (Å²) in [5.74, 6) is -2.72. The summed E-state index contributed by atoms with van der Waals surface area (Å²) in [6.45, 7) is 0. The molecule has 0 aliphatic carbocycles. The average Bonchev–Trinajstić information content (AvgIpc) is 2.64. The van der Waals surface area contributed by atoms with Crippen molar-refractivity contribution in [2.24, 2.45) is 0 Å². The maximum atomic E-state index is 13.2. The minimum atomic E-state index is -5.19. The molecule has 2 rings (SSSR count). The summed E-state index contributed by atoms with van der Waals surface area (Å²) in [7, 11) is 0.889. The first-order chi connectivity index (χ1) is 9.69. The topological polar surface area (TPSA) is 78.5 Å². The Morgan fingerprint density at radius 1 is 1.24 bits per heavy atom. The Hall–Kier alpha value is -2.58. The molecule has 21 heavy (non-hydrogen) atoms. The highest BCUT2D eigenvalue weighted by molar-refractivity contribution is 6.10. The van der Waals surface area contributed by atoms with Crippen LogP contribution in [0.25, 0.3) is 0 Å². The van der Waals surface area contributed by atoms with Gasteiger partial charge in [0.15, 0.2) is 0 Å². The van der Waals surface area contributed by atoms with Gasteiger partial charge in [0.25, 0.3) is 17.5 Å². The highest BCUT2D eigenvalue weighted by atomic mass is 19.4. The lowest BCUT2D eigenvalue weighted by Crippen LogP contribution is -2.69. The zero-order valence-electron chi connectivity index (χ0n) is 10.7. The summed E-state index contributed by atoms with van der Waals surface area (Å²) in [6, 6.07) is 5.80. The van der Waals surface area contributed by atoms with Gasteiger partial charge >= 0.3 is 12.2 Å². The van der Waals surface area contributed by atoms with E-state index in [0.29, 0.717) is 0 Å². The predicted molar refractivity (Wildman–Crippen MR) is 64.0 cm³/mol. The first kappa shape index (κ1) is 14.8. The van der Waals surface area contributed by atoms with E-state index in [1.165, 1.54) is 29.6 Å². The lowest BCUT2D eigenvalue weighted by atomic mass is 10.1. The molecule has 0 radical (unpaired) electrons. The Kier molecular flexibility index (Phi) is 3.36. The van der Waals surface area contributed by atoms with Crippen molar-refractivity contribution < 1.29 is 27.6 Å². The van der Waals surface area contributed by atoms with Gasteiger partial charge in [0, 0.05) is 12.6 Å². The summed E-state index contributed by atoms with van der Waals surface area (Å²) in [5, 5.41) is 3.06. The highest BCUT2D eigenvalue weighted by Crippen LogP contribution is 2.33. The van der Waals surface area contributed by atoms with Crippen LogP contribution in [0.5, 0.6) is 0 Å². The Morgan fingerprint density at radius 2 is 1.81 bits per heavy atom. The van der Waals surface area contributed by atoms with Gasteiger partial charge in [-0.15, -0.1) is 0 Å². The van der Waals surface area contributed by atoms with E-state index in [1.54, 1.807) is 11.4 Å². The highest BCUT2D eigenvalue weighted by Gasteiger charge is 2.68. The van der Waals surface area contributed by atoms with Gasteiger partial charge in [-0.05, 0) is 12.1 Å². The molecule has 112 valence electrons. The van der Waals surface area contributed by atoms with E-state index < -0.39 is 29.7 Å². The SMILES string of the molecule is CN1C(=O)N[C@@](NC(=O)c2ccccc2)(C(F)(F)F)C1=O. The molecule has 4 amide bonds. The third-order valence-electron chi connectivity index (χ3n) is 2.99. The molecule has 1 aromatic carbocycles. The van der Waals surface area contributed by atoms with Crippen molar-refractivity contribution in [1.29, 1.82) is 0 Å². The molecular weight excluding hydrogens is 291 g/mol. The number of nitrogens with one attached hydrogen (secondary N) is 2. The Labute approximate surface area is 116 Å². The van der Waals surface area contributed by atoms with Gasteiger partial charge in [-0.25, -0.2) is 4.79 Å². The van der Waals surface area contributed by atoms with E-state index in [2.05, 4.69) is 0 Å². The number of nitrogens with zero attached hydrogens (tertiary/aromatic N) is 1. The van der Waals surface area contributed by atoms with E-state index in [4.69, 9.17) is 0 Å². The summed E-state index contributed by atoms with van der Waals surface area (Å²) in [5.41, 5.74) is -3.52. The molecular formula is C12H10F3N3O3. The smallest absolute Gasteiger partial charge is 0.314 e. The molecule has 1 heterocycles. The molecule has 2 N–H and O–H groups in total. The summed E-state index contributed by atoms with van der Waals surface area (Å²) in [6.07, 6.45) is -5.19. The van der Waals surface area contributed by atoms with Crippen LogP contribution in [-0.2, 0) is 4.79 Å². The molecule has 1 aliphatic rings. The van der Waals surface area contributed by atoms with Crippen molar-refractivity contribution in [3.05, 3.63) is 35.9 Å². The number of hydrogen-bond acceptors (Lipinski definition) is 3. The van der Waals surface area contributed by atoms with Crippen LogP contribution in [-0.4, -0.2) is 41.6 Å². The average molecular weight is 301 g/mol. The molecule has 1 fully saturated rings. The van der Waals surface area contributed by atoms with Crippen molar-refractivity contribution in [3.8, 4) is 0 Å². The van der Waals surface area contributed by atoms with E-state index in [0.717, 1.165) is 7.05 Å². The standard InChI is InChI=1S/C12H10F3N3O3/c1-18-9(20)11(12(13,14)15,17-10(18)21)16-8(19)7-5-3-2-4-6-7/h2-6H,1H3,(H,16,19)(H,17,21)/t11-/m1/s1. The minimum absolute atomic E-state index is 0.0715. The summed E-state index contributed by atoms with van der Waals surface area (Å²) < 4.78 is 39.6. The van der Waals surface area contributed by atoms with Crippen molar-refractivity contribution in [2.45, 2.75) is 11.8 Å². The zero-order valence-corrected chi connectivity index (χ0v) is 10.7. The van der Waals surface area contributed by atoms with Gasteiger partial charge in [-0.1, -0.05) is 18.2 Å². The lowest BCUT2D eigenvalue weighted by Gasteiger charge is -2.29. The second kappa shape index (κ2) is 4.76. The van der Waals surface area contributed by atoms with Gasteiger partial charge < -0.3 is 5.32 Å². The fourth-order valence-electron chi connectivity index (χ4n) is 1.82. The third kappa shape index (κ3) is 2.30. The first-order valence-corrected chi connectivity index (χ1v) is 5.73. The van der Waals surface area contributed by atoms with Crippen molar-refractivity contribution in [1.82, 2.24) is 15.5 Å². The molecule has 0 unspecified atom stereocenters. The van der Waals surface area contributed by atoms with Crippen molar-refractivity contribution in [2.75, 3.05) is 7.05 Å². The molecule has 1 aromatic rings. The molecule has 0 spiro atoms. The van der Waals surface area contributed by atoms with Crippen LogP contribution >= 0.6 is 0 Å². The van der Waals surface area contributed by atoms with Crippen LogP contribution in [0.3, 0.4) is 0 Å². The Morgan fingerprint density at radius 3 is 2.24 bits per heavy atom. The first-order valence-electron chi connectivity index (χ1n) is 5.73. The summed E-state index contributed by atoms with van der Waals surface area (Å²) >= 11 is 0. The van der Waals surface area contributed by atoms with Crippen LogP contribution in [0.2, 0.25) is 0 Å². The zero-order chi connectivity index (χ0) is 15.8. The van der Waals surface area contributed by atoms with E-state index in [-0.39, 0.29) is 10.5 Å². The number of imide groups is 1. The van der Waals surface area contributed by atoms with Crippen LogP contribution < -0.4 is 10.6 Å². The number of benzene rings is 1. The number of rotatable bonds is 2. The maximum Gasteiger partial charge on any atom is 0.440 e. The number of carbonyl (C=O) groups excluding carboxylic acids is 3. The summed E-state index contributed by atoms with van der Waals surface area (Å²) in [4.78, 5) is 35.2. The maximum absolute atomic E-state index is 13.2. The van der Waals surface area contributed by atoms with Crippen molar-refractivity contribution in [3.63, 3.8) is 0 Å². The fraction of sp³-hybridized carbons (Fsp3) is 0.250. The molecule has 6 nitrogen and oxygen atoms in total. The Balaban J connectivity index is 2.38. The molecule has 0 aromatic heterocycles. The molecule has 0 saturated carbocycles. The molecule has 0 bridgehead atoms. The predicted octanol–water partition coefficient (Wildman–Crippen LogP) is 0.857. The fourth-order valence-corrected chi connectivity index (χ4v) is 1.82. The van der Waals surface area contributed by atoms with Crippen LogP contribution in [0.1, 0.15) is 10.4 Å². The number of likely N-dealkylation sites (N-methyl/N-ethyl adjacent to an activating group) is 1. The number of urea groups is 1. The second-order valence-corrected chi connectivity index (χ2v) is 4.36. The van der Waals surface area contributed by atoms with Gasteiger partial charge in [-0.3, -0.25) is 19.8 Å². The molecule has 1 saturated heterocycles. The minimum Gasteiger partial charge on any atom is -0.314 e. The second-order valence-electron chi connectivity index (χ2n) is 4.36. The number of hydrogen-bond donors (Lipinski definition) is 2. The van der Waals surface area contributed by atoms with Gasteiger partial charge in [0.05, 0.1) is 0 Å². The lowest BCUT2D eigenvalue weighted by molar-refractivity contribution is -0.199. The van der Waals surface area contributed by atoms with Gasteiger partial charge in [0.1, 0.15) is 0 Å². The number of amides is 4. The van der Waals surface area contributed by atoms with Crippen LogP contribution in [0, 0.1) is 0 Å². The van der Waals surface area contributed by atoms with Crippen LogP contribution in [0.15, 0.2) is 30.3 Å². The molecule has 1 aliphatic heterocycles. The van der Waals surface area contributed by atoms with Gasteiger partial charge in [0.2, 0.25) is 0 Å². The molecule has 1 atom stereocenters. The van der Waals surface area contributed by atoms with Crippen molar-refractivity contribution >= 4 is 17.8 Å². The van der Waals surface area contributed by atoms with E-state index in [1.807, 2.05) is 0 Å². The van der Waals surface area contributed by atoms with Crippen LogP contribution in [0.4, 0.5) is 18.0 Å².